The highest BCUT2D eigenvalue weighted by molar-refractivity contribution is 5.90. The summed E-state index contributed by atoms with van der Waals surface area (Å²) in [7, 11) is 0. The van der Waals surface area contributed by atoms with Crippen molar-refractivity contribution in [2.75, 3.05) is 11.9 Å². The van der Waals surface area contributed by atoms with E-state index in [1.807, 2.05) is 45.0 Å². The fraction of sp³-hybridized carbons (Fsp3) is 0.474. The van der Waals surface area contributed by atoms with Gasteiger partial charge in [0, 0.05) is 11.5 Å². The van der Waals surface area contributed by atoms with Crippen LogP contribution in [-0.2, 0) is 15.6 Å². The molecule has 0 fully saturated rings. The highest BCUT2D eigenvalue weighted by Gasteiger charge is 2.21. The molecule has 5 heteroatoms. The Kier molecular flexibility index (Phi) is 5.02. The SMILES string of the molecule is CC(C)(C)c1cc(NC(=O)COc2ccccc2C(C)(C)C)no1. The number of benzene rings is 1. The minimum atomic E-state index is -0.271. The van der Waals surface area contributed by atoms with E-state index in [-0.39, 0.29) is 23.3 Å². The van der Waals surface area contributed by atoms with E-state index in [9.17, 15) is 4.79 Å². The van der Waals surface area contributed by atoms with Gasteiger partial charge in [-0.1, -0.05) is 64.9 Å². The van der Waals surface area contributed by atoms with Gasteiger partial charge in [0.1, 0.15) is 11.5 Å². The molecule has 0 aliphatic heterocycles. The van der Waals surface area contributed by atoms with Gasteiger partial charge >= 0.3 is 0 Å². The second-order valence-electron chi connectivity index (χ2n) is 7.91. The monoisotopic (exact) mass is 330 g/mol. The van der Waals surface area contributed by atoms with Crippen molar-refractivity contribution in [3.63, 3.8) is 0 Å². The molecule has 0 aliphatic carbocycles. The fourth-order valence-electron chi connectivity index (χ4n) is 2.22. The maximum Gasteiger partial charge on any atom is 0.263 e. The predicted octanol–water partition coefficient (Wildman–Crippen LogP) is 4.29. The van der Waals surface area contributed by atoms with Crippen LogP contribution in [-0.4, -0.2) is 17.7 Å². The molecule has 0 unspecified atom stereocenters. The van der Waals surface area contributed by atoms with Gasteiger partial charge in [-0.2, -0.15) is 0 Å². The van der Waals surface area contributed by atoms with E-state index in [0.29, 0.717) is 5.82 Å². The molecule has 0 spiro atoms. The van der Waals surface area contributed by atoms with Crippen LogP contribution in [0.15, 0.2) is 34.9 Å². The number of amides is 1. The Bertz CT molecular complexity index is 706. The van der Waals surface area contributed by atoms with Gasteiger partial charge < -0.3 is 14.6 Å². The molecule has 0 atom stereocenters. The largest absolute Gasteiger partial charge is 0.483 e. The van der Waals surface area contributed by atoms with Crippen LogP contribution in [0.4, 0.5) is 5.82 Å². The van der Waals surface area contributed by atoms with Gasteiger partial charge in [-0.3, -0.25) is 4.79 Å². The maximum absolute atomic E-state index is 12.1. The van der Waals surface area contributed by atoms with Crippen LogP contribution in [0.1, 0.15) is 52.9 Å². The van der Waals surface area contributed by atoms with E-state index in [4.69, 9.17) is 9.26 Å². The van der Waals surface area contributed by atoms with Crippen LogP contribution < -0.4 is 10.1 Å². The summed E-state index contributed by atoms with van der Waals surface area (Å²) in [6.07, 6.45) is 0. The highest BCUT2D eigenvalue weighted by Crippen LogP contribution is 2.31. The second kappa shape index (κ2) is 6.67. The number of para-hydroxylation sites is 1. The number of nitrogens with zero attached hydrogens (tertiary/aromatic N) is 1. The number of hydrogen-bond donors (Lipinski definition) is 1. The minimum absolute atomic E-state index is 0.0548. The molecule has 0 saturated carbocycles. The van der Waals surface area contributed by atoms with Crippen LogP contribution in [0.5, 0.6) is 5.75 Å². The average Bonchev–Trinajstić information content (AvgIpc) is 2.93. The summed E-state index contributed by atoms with van der Waals surface area (Å²) < 4.78 is 11.0. The molecule has 1 aromatic carbocycles. The van der Waals surface area contributed by atoms with Crippen molar-refractivity contribution in [3.8, 4) is 5.75 Å². The summed E-state index contributed by atoms with van der Waals surface area (Å²) in [6, 6.07) is 9.50. The lowest BCUT2D eigenvalue weighted by Gasteiger charge is -2.22. The van der Waals surface area contributed by atoms with E-state index in [2.05, 4.69) is 31.2 Å². The number of hydrogen-bond acceptors (Lipinski definition) is 4. The maximum atomic E-state index is 12.1. The van der Waals surface area contributed by atoms with E-state index in [1.165, 1.54) is 0 Å². The van der Waals surface area contributed by atoms with Gasteiger partial charge in [-0.15, -0.1) is 0 Å². The first-order valence-electron chi connectivity index (χ1n) is 8.07. The summed E-state index contributed by atoms with van der Waals surface area (Å²) in [4.78, 5) is 12.1. The summed E-state index contributed by atoms with van der Waals surface area (Å²) in [6.45, 7) is 12.3. The second-order valence-corrected chi connectivity index (χ2v) is 7.91. The Morgan fingerprint density at radius 3 is 2.38 bits per heavy atom. The summed E-state index contributed by atoms with van der Waals surface area (Å²) >= 11 is 0. The van der Waals surface area contributed by atoms with Gasteiger partial charge in [0.2, 0.25) is 0 Å². The van der Waals surface area contributed by atoms with Crippen molar-refractivity contribution in [1.29, 1.82) is 0 Å². The third-order valence-electron chi connectivity index (χ3n) is 3.57. The summed E-state index contributed by atoms with van der Waals surface area (Å²) in [5.74, 6) is 1.57. The molecular formula is C19H26N2O3. The number of carbonyl (C=O) groups excluding carboxylic acids is 1. The van der Waals surface area contributed by atoms with Crippen molar-refractivity contribution >= 4 is 11.7 Å². The number of rotatable bonds is 4. The Labute approximate surface area is 143 Å². The lowest BCUT2D eigenvalue weighted by atomic mass is 9.86. The molecule has 0 aliphatic rings. The Hall–Kier alpha value is -2.30. The average molecular weight is 330 g/mol. The van der Waals surface area contributed by atoms with Crippen molar-refractivity contribution in [1.82, 2.24) is 5.16 Å². The number of ether oxygens (including phenoxy) is 1. The van der Waals surface area contributed by atoms with Gasteiger partial charge in [-0.25, -0.2) is 0 Å². The number of anilines is 1. The molecule has 0 radical (unpaired) electrons. The van der Waals surface area contributed by atoms with Crippen molar-refractivity contribution in [3.05, 3.63) is 41.7 Å². The lowest BCUT2D eigenvalue weighted by Crippen LogP contribution is -2.22. The number of carbonyl (C=O) groups is 1. The molecule has 0 saturated heterocycles. The van der Waals surface area contributed by atoms with Gasteiger partial charge in [0.05, 0.1) is 0 Å². The first kappa shape index (κ1) is 18.0. The zero-order valence-corrected chi connectivity index (χ0v) is 15.3. The van der Waals surface area contributed by atoms with Crippen LogP contribution in [0.2, 0.25) is 0 Å². The molecule has 0 bridgehead atoms. The van der Waals surface area contributed by atoms with Crippen molar-refractivity contribution < 1.29 is 14.1 Å². The molecule has 1 heterocycles. The Morgan fingerprint density at radius 1 is 1.12 bits per heavy atom. The van der Waals surface area contributed by atoms with Crippen LogP contribution in [0.3, 0.4) is 0 Å². The van der Waals surface area contributed by atoms with Gasteiger partial charge in [-0.05, 0) is 17.0 Å². The van der Waals surface area contributed by atoms with E-state index in [0.717, 1.165) is 17.1 Å². The first-order chi connectivity index (χ1) is 11.1. The van der Waals surface area contributed by atoms with Gasteiger partial charge in [0.15, 0.2) is 12.4 Å². The van der Waals surface area contributed by atoms with Crippen molar-refractivity contribution in [2.24, 2.45) is 0 Å². The zero-order valence-electron chi connectivity index (χ0n) is 15.3. The molecule has 1 amide bonds. The topological polar surface area (TPSA) is 64.4 Å². The normalized spacial score (nSPS) is 12.1. The Morgan fingerprint density at radius 2 is 1.79 bits per heavy atom. The van der Waals surface area contributed by atoms with Crippen LogP contribution >= 0.6 is 0 Å². The summed E-state index contributed by atoms with van der Waals surface area (Å²) in [5.41, 5.74) is 0.855. The highest BCUT2D eigenvalue weighted by atomic mass is 16.5. The smallest absolute Gasteiger partial charge is 0.263 e. The molecule has 24 heavy (non-hydrogen) atoms. The summed E-state index contributed by atoms with van der Waals surface area (Å²) in [5, 5.41) is 6.57. The molecule has 1 aromatic heterocycles. The number of nitrogens with one attached hydrogen (secondary N) is 1. The minimum Gasteiger partial charge on any atom is -0.483 e. The van der Waals surface area contributed by atoms with Crippen molar-refractivity contribution in [2.45, 2.75) is 52.4 Å². The van der Waals surface area contributed by atoms with Crippen LogP contribution in [0, 0.1) is 0 Å². The first-order valence-corrected chi connectivity index (χ1v) is 8.07. The van der Waals surface area contributed by atoms with E-state index >= 15 is 0 Å². The molecule has 1 N–H and O–H groups in total. The predicted molar refractivity (Wildman–Crippen MR) is 94.5 cm³/mol. The zero-order chi connectivity index (χ0) is 18.0. The molecule has 130 valence electrons. The quantitative estimate of drug-likeness (QED) is 0.908. The van der Waals surface area contributed by atoms with Gasteiger partial charge in [0.25, 0.3) is 5.91 Å². The Balaban J connectivity index is 1.98. The molecule has 2 rings (SSSR count). The molecule has 2 aromatic rings. The van der Waals surface area contributed by atoms with E-state index < -0.39 is 0 Å². The third-order valence-corrected chi connectivity index (χ3v) is 3.57. The fourth-order valence-corrected chi connectivity index (χ4v) is 2.22. The molecular weight excluding hydrogens is 304 g/mol. The third kappa shape index (κ3) is 4.60. The van der Waals surface area contributed by atoms with Crippen LogP contribution in [0.25, 0.3) is 0 Å². The lowest BCUT2D eigenvalue weighted by molar-refractivity contribution is -0.118. The standard InChI is InChI=1S/C19H26N2O3/c1-18(2,3)13-9-7-8-10-14(13)23-12-17(22)20-16-11-15(24-21-16)19(4,5)6/h7-11H,12H2,1-6H3,(H,20,21,22). The van der Waals surface area contributed by atoms with E-state index in [1.54, 1.807) is 6.07 Å². The molecule has 5 nitrogen and oxygen atoms in total. The number of aromatic nitrogens is 1.